The van der Waals surface area contributed by atoms with E-state index in [0.717, 1.165) is 0 Å². The van der Waals surface area contributed by atoms with E-state index in [0.29, 0.717) is 0 Å². The number of hydrogen-bond donors (Lipinski definition) is 0. The van der Waals surface area contributed by atoms with Gasteiger partial charge >= 0.3 is 0 Å². The topological polar surface area (TPSA) is 0 Å². The molecule has 1 aromatic heterocycles. The van der Waals surface area contributed by atoms with Crippen molar-refractivity contribution in [1.29, 1.82) is 0 Å². The number of hydrogen-bond acceptors (Lipinski definition) is 1. The van der Waals surface area contributed by atoms with Gasteiger partial charge in [-0.15, -0.1) is 11.3 Å². The van der Waals surface area contributed by atoms with Gasteiger partial charge in [-0.3, -0.25) is 0 Å². The lowest BCUT2D eigenvalue weighted by Crippen LogP contribution is -2.15. The van der Waals surface area contributed by atoms with Crippen molar-refractivity contribution in [3.63, 3.8) is 0 Å². The second-order valence-electron chi connectivity index (χ2n) is 13.2. The smallest absolute Gasteiger partial charge is 0.0402 e. The number of benzene rings is 8. The summed E-state index contributed by atoms with van der Waals surface area (Å²) >= 11 is 1.96. The number of thiophene rings is 1. The summed E-state index contributed by atoms with van der Waals surface area (Å²) in [6.07, 6.45) is 0. The zero-order valence-corrected chi connectivity index (χ0v) is 26.6. The van der Waals surface area contributed by atoms with E-state index in [9.17, 15) is 0 Å². The Bertz CT molecular complexity index is 2650. The first kappa shape index (κ1) is 26.0. The third-order valence-electron chi connectivity index (χ3n) is 10.4. The molecule has 1 aliphatic carbocycles. The molecule has 1 heterocycles. The summed E-state index contributed by atoms with van der Waals surface area (Å²) in [7, 11) is 0. The summed E-state index contributed by atoms with van der Waals surface area (Å²) in [4.78, 5) is 0. The molecule has 9 aromatic rings. The van der Waals surface area contributed by atoms with Crippen molar-refractivity contribution in [2.24, 2.45) is 0 Å². The fourth-order valence-electron chi connectivity index (χ4n) is 8.40. The lowest BCUT2D eigenvalue weighted by Gasteiger charge is -2.23. The van der Waals surface area contributed by atoms with Gasteiger partial charge in [-0.2, -0.15) is 0 Å². The van der Waals surface area contributed by atoms with Crippen LogP contribution in [-0.2, 0) is 5.41 Å². The molecule has 0 fully saturated rings. The van der Waals surface area contributed by atoms with Crippen molar-refractivity contribution in [1.82, 2.24) is 0 Å². The van der Waals surface area contributed by atoms with Crippen molar-refractivity contribution in [2.75, 3.05) is 0 Å². The minimum atomic E-state index is -0.132. The number of fused-ring (bicyclic) bond motifs is 11. The standard InChI is InChI=1S/C45H30S/c1-45(2)38-26-29(41-34-18-10-8-16-32(34)40(28-13-4-3-5-14-28)33-17-9-11-19-35(33)41)20-22-31(38)36-23-24-37-42-30-15-7-6-12-27(30)21-25-39(42)46-44(37)43(36)45/h3-26H,1-2H3. The van der Waals surface area contributed by atoms with E-state index in [-0.39, 0.29) is 5.41 Å². The fraction of sp³-hybridized carbons (Fsp3) is 0.0667. The van der Waals surface area contributed by atoms with Crippen molar-refractivity contribution >= 4 is 63.8 Å². The van der Waals surface area contributed by atoms with Crippen LogP contribution in [0, 0.1) is 0 Å². The van der Waals surface area contributed by atoms with Crippen LogP contribution in [0.25, 0.3) is 85.9 Å². The molecular weight excluding hydrogens is 573 g/mol. The Hall–Kier alpha value is -5.24. The van der Waals surface area contributed by atoms with Gasteiger partial charge in [0.2, 0.25) is 0 Å². The zero-order valence-electron chi connectivity index (χ0n) is 25.8. The molecule has 8 aromatic carbocycles. The Balaban J connectivity index is 1.23. The SMILES string of the molecule is CC1(C)c2cc(-c3c4ccccc4c(-c4ccccc4)c4ccccc34)ccc2-c2ccc3c(sc4ccc5ccccc5c43)c21. The molecule has 1 heteroatoms. The van der Waals surface area contributed by atoms with Gasteiger partial charge in [0.1, 0.15) is 0 Å². The van der Waals surface area contributed by atoms with Crippen LogP contribution in [0.4, 0.5) is 0 Å². The van der Waals surface area contributed by atoms with E-state index in [1.165, 1.54) is 97.0 Å². The van der Waals surface area contributed by atoms with Gasteiger partial charge in [-0.25, -0.2) is 0 Å². The summed E-state index contributed by atoms with van der Waals surface area (Å²) in [6.45, 7) is 4.86. The van der Waals surface area contributed by atoms with Crippen LogP contribution in [0.5, 0.6) is 0 Å². The Morgan fingerprint density at radius 2 is 1.04 bits per heavy atom. The summed E-state index contributed by atoms with van der Waals surface area (Å²) in [5.74, 6) is 0. The highest BCUT2D eigenvalue weighted by Crippen LogP contribution is 2.55. The van der Waals surface area contributed by atoms with Gasteiger partial charge in [-0.1, -0.05) is 147 Å². The highest BCUT2D eigenvalue weighted by atomic mass is 32.1. The van der Waals surface area contributed by atoms with E-state index in [2.05, 4.69) is 159 Å². The Morgan fingerprint density at radius 3 is 1.74 bits per heavy atom. The van der Waals surface area contributed by atoms with Crippen LogP contribution >= 0.6 is 11.3 Å². The van der Waals surface area contributed by atoms with Crippen LogP contribution in [-0.4, -0.2) is 0 Å². The zero-order chi connectivity index (χ0) is 30.6. The Kier molecular flexibility index (Phi) is 5.31. The summed E-state index contributed by atoms with van der Waals surface area (Å²) in [5, 5.41) is 10.6. The minimum Gasteiger partial charge on any atom is -0.135 e. The Morgan fingerprint density at radius 1 is 0.457 bits per heavy atom. The second-order valence-corrected chi connectivity index (χ2v) is 14.3. The summed E-state index contributed by atoms with van der Waals surface area (Å²) in [5.41, 5.74) is 10.7. The minimum absolute atomic E-state index is 0.132. The van der Waals surface area contributed by atoms with Gasteiger partial charge < -0.3 is 0 Å². The molecule has 216 valence electrons. The molecule has 1 aliphatic rings. The van der Waals surface area contributed by atoms with E-state index in [1.807, 2.05) is 11.3 Å². The summed E-state index contributed by atoms with van der Waals surface area (Å²) < 4.78 is 2.79. The largest absolute Gasteiger partial charge is 0.135 e. The van der Waals surface area contributed by atoms with E-state index < -0.39 is 0 Å². The predicted octanol–water partition coefficient (Wildman–Crippen LogP) is 13.2. The molecule has 0 saturated heterocycles. The van der Waals surface area contributed by atoms with Crippen molar-refractivity contribution < 1.29 is 0 Å². The molecule has 0 amide bonds. The molecule has 0 atom stereocenters. The normalized spacial score (nSPS) is 13.6. The first-order chi connectivity index (χ1) is 22.6. The average molecular weight is 603 g/mol. The van der Waals surface area contributed by atoms with Gasteiger partial charge in [-0.05, 0) is 89.0 Å². The van der Waals surface area contributed by atoms with Gasteiger partial charge in [0.05, 0.1) is 0 Å². The van der Waals surface area contributed by atoms with Crippen LogP contribution in [0.1, 0.15) is 25.0 Å². The van der Waals surface area contributed by atoms with Crippen LogP contribution < -0.4 is 0 Å². The van der Waals surface area contributed by atoms with Gasteiger partial charge in [0.15, 0.2) is 0 Å². The fourth-order valence-corrected chi connectivity index (χ4v) is 9.82. The second kappa shape index (κ2) is 9.39. The predicted molar refractivity (Wildman–Crippen MR) is 200 cm³/mol. The maximum Gasteiger partial charge on any atom is 0.0402 e. The molecule has 0 radical (unpaired) electrons. The maximum atomic E-state index is 2.50. The lowest BCUT2D eigenvalue weighted by atomic mass is 9.80. The monoisotopic (exact) mass is 602 g/mol. The van der Waals surface area contributed by atoms with Crippen LogP contribution in [0.3, 0.4) is 0 Å². The molecule has 0 spiro atoms. The highest BCUT2D eigenvalue weighted by Gasteiger charge is 2.38. The van der Waals surface area contributed by atoms with E-state index in [1.54, 1.807) is 0 Å². The van der Waals surface area contributed by atoms with Gasteiger partial charge in [0.25, 0.3) is 0 Å². The molecule has 10 rings (SSSR count). The third-order valence-corrected chi connectivity index (χ3v) is 11.6. The molecule has 46 heavy (non-hydrogen) atoms. The average Bonchev–Trinajstić information content (AvgIpc) is 3.59. The van der Waals surface area contributed by atoms with E-state index in [4.69, 9.17) is 0 Å². The first-order valence-electron chi connectivity index (χ1n) is 16.1. The molecule has 0 bridgehead atoms. The number of rotatable bonds is 2. The van der Waals surface area contributed by atoms with Crippen molar-refractivity contribution in [2.45, 2.75) is 19.3 Å². The van der Waals surface area contributed by atoms with Crippen molar-refractivity contribution in [3.05, 3.63) is 157 Å². The van der Waals surface area contributed by atoms with Crippen molar-refractivity contribution in [3.8, 4) is 33.4 Å². The molecule has 0 nitrogen and oxygen atoms in total. The first-order valence-corrected chi connectivity index (χ1v) is 16.9. The third kappa shape index (κ3) is 3.44. The maximum absolute atomic E-state index is 2.50. The van der Waals surface area contributed by atoms with E-state index >= 15 is 0 Å². The van der Waals surface area contributed by atoms with Crippen LogP contribution in [0.2, 0.25) is 0 Å². The molecule has 0 N–H and O–H groups in total. The van der Waals surface area contributed by atoms with Crippen LogP contribution in [0.15, 0.2) is 146 Å². The summed E-state index contributed by atoms with van der Waals surface area (Å²) in [6, 6.07) is 54.2. The highest BCUT2D eigenvalue weighted by molar-refractivity contribution is 7.26. The van der Waals surface area contributed by atoms with Gasteiger partial charge in [0, 0.05) is 25.6 Å². The molecule has 0 saturated carbocycles. The lowest BCUT2D eigenvalue weighted by molar-refractivity contribution is 0.667. The molecule has 0 aliphatic heterocycles. The molecular formula is C45H30S. The molecule has 0 unspecified atom stereocenters. The Labute approximate surface area is 272 Å². The quantitative estimate of drug-likeness (QED) is 0.173.